The second-order valence-corrected chi connectivity index (χ2v) is 20.1. The van der Waals surface area contributed by atoms with E-state index in [1.165, 1.54) is 38.0 Å². The Morgan fingerprint density at radius 3 is 0.637 bits per heavy atom. The molecule has 16 aromatic rings. The molecule has 0 atom stereocenters. The highest BCUT2D eigenvalue weighted by Crippen LogP contribution is 2.34. The van der Waals surface area contributed by atoms with Crippen LogP contribution in [-0.2, 0) is 0 Å². The van der Waals surface area contributed by atoms with Crippen molar-refractivity contribution in [2.24, 2.45) is 0 Å². The fourth-order valence-electron chi connectivity index (χ4n) is 10.7. The third-order valence-electron chi connectivity index (χ3n) is 14.7. The first kappa shape index (κ1) is 52.9. The molecule has 432 valence electrons. The van der Waals surface area contributed by atoms with Crippen LogP contribution in [0.5, 0.6) is 0 Å². The number of nitrogens with zero attached hydrogens (tertiary/aromatic N) is 25. The summed E-state index contributed by atoms with van der Waals surface area (Å²) in [6.07, 6.45) is 8.46. The van der Waals surface area contributed by atoms with Crippen LogP contribution in [-0.4, -0.2) is 122 Å². The monoisotopic (exact) mass is 1190 g/mol. The normalized spacial score (nSPS) is 11.3. The SMILES string of the molecule is c1ccc(-n2c3ncnc(n3)n(-c3ccccc3)c3ncnc(n3)n(-c3ccccc3)c3ncnc(n3)n(-c3ccc4c(c3)c3ccccc3n4-c3ccccc3)c3ncnc(n3)n(-c3ccccc3)c3ncnc(n3)n(-c3ccccc3)c3ncnc2n3)cc1. The van der Waals surface area contributed by atoms with E-state index in [4.69, 9.17) is 89.7 Å². The number of fused-ring (bicyclic) bond motifs is 15. The molecule has 0 amide bonds. The van der Waals surface area contributed by atoms with Gasteiger partial charge >= 0.3 is 0 Å². The van der Waals surface area contributed by atoms with E-state index < -0.39 is 0 Å². The molecule has 0 radical (unpaired) electrons. The van der Waals surface area contributed by atoms with E-state index in [-0.39, 0.29) is 69.3 Å². The first-order valence-electron chi connectivity index (χ1n) is 28.4. The smallest absolute Gasteiger partial charge is 0.241 e. The molecular weight excluding hydrogens is 1140 g/mol. The number of benzene rings is 8. The minimum Gasteiger partial charge on any atom is -0.309 e. The molecule has 0 spiro atoms. The molecule has 0 aliphatic heterocycles. The Bertz CT molecular complexity index is 5470. The van der Waals surface area contributed by atoms with Gasteiger partial charge in [0.2, 0.25) is 69.3 Å². The van der Waals surface area contributed by atoms with E-state index in [9.17, 15) is 0 Å². The van der Waals surface area contributed by atoms with Crippen LogP contribution in [0.3, 0.4) is 0 Å². The molecule has 12 bridgehead atoms. The summed E-state index contributed by atoms with van der Waals surface area (Å²) in [6.45, 7) is 0. The fourth-order valence-corrected chi connectivity index (χ4v) is 10.7. The fraction of sp³-hybridized carbons (Fsp3) is 0. The molecule has 0 saturated heterocycles. The van der Waals surface area contributed by atoms with Crippen molar-refractivity contribution < 1.29 is 0 Å². The van der Waals surface area contributed by atoms with Gasteiger partial charge in [-0.2, -0.15) is 29.9 Å². The van der Waals surface area contributed by atoms with Crippen LogP contribution in [0.1, 0.15) is 0 Å². The summed E-state index contributed by atoms with van der Waals surface area (Å²) in [5.41, 5.74) is 6.60. The molecule has 25 heteroatoms. The Balaban J connectivity index is 1.11. The van der Waals surface area contributed by atoms with Crippen molar-refractivity contribution in [1.82, 2.24) is 122 Å². The maximum Gasteiger partial charge on any atom is 0.241 e. The van der Waals surface area contributed by atoms with E-state index >= 15 is 0 Å². The molecule has 8 heterocycles. The summed E-state index contributed by atoms with van der Waals surface area (Å²) in [5, 5.41) is 1.94. The summed E-state index contributed by atoms with van der Waals surface area (Å²) in [6, 6.07) is 72.1. The van der Waals surface area contributed by atoms with Gasteiger partial charge in [0.15, 0.2) is 0 Å². The Hall–Kier alpha value is -13.6. The molecule has 91 heavy (non-hydrogen) atoms. The highest BCUT2D eigenvalue weighted by molar-refractivity contribution is 6.10. The predicted octanol–water partition coefficient (Wildman–Crippen LogP) is 10.6. The molecule has 0 fully saturated rings. The lowest BCUT2D eigenvalue weighted by Crippen LogP contribution is -2.11. The van der Waals surface area contributed by atoms with Gasteiger partial charge in [0, 0.05) is 16.5 Å². The van der Waals surface area contributed by atoms with E-state index in [1.54, 1.807) is 27.4 Å². The number of hydrogen-bond acceptors (Lipinski definition) is 18. The van der Waals surface area contributed by atoms with Gasteiger partial charge in [-0.15, -0.1) is 0 Å². The van der Waals surface area contributed by atoms with Crippen molar-refractivity contribution in [3.05, 3.63) is 262 Å². The molecule has 0 aliphatic carbocycles. The number of para-hydroxylation sites is 7. The number of aromatic nitrogens is 25. The third kappa shape index (κ3) is 9.93. The summed E-state index contributed by atoms with van der Waals surface area (Å²) in [5.74, 6) is 1.55. The summed E-state index contributed by atoms with van der Waals surface area (Å²) >= 11 is 0. The highest BCUT2D eigenvalue weighted by Gasteiger charge is 2.18. The summed E-state index contributed by atoms with van der Waals surface area (Å²) in [7, 11) is 0. The van der Waals surface area contributed by atoms with Crippen molar-refractivity contribution >= 4 is 91.1 Å². The zero-order valence-corrected chi connectivity index (χ0v) is 47.5. The van der Waals surface area contributed by atoms with Gasteiger partial charge in [-0.1, -0.05) is 127 Å². The predicted molar refractivity (Wildman–Crippen MR) is 341 cm³/mol. The lowest BCUT2D eigenvalue weighted by Gasteiger charge is -2.12. The Kier molecular flexibility index (Phi) is 13.4. The molecule has 25 nitrogen and oxygen atoms in total. The van der Waals surface area contributed by atoms with Crippen molar-refractivity contribution in [3.63, 3.8) is 0 Å². The van der Waals surface area contributed by atoms with Crippen molar-refractivity contribution in [2.75, 3.05) is 0 Å². The van der Waals surface area contributed by atoms with E-state index in [1.807, 2.05) is 188 Å². The minimum absolute atomic E-state index is 0.119. The second-order valence-electron chi connectivity index (χ2n) is 20.1. The Labute approximate surface area is 512 Å². The quantitative estimate of drug-likeness (QED) is 0.143. The molecule has 8 aromatic heterocycles. The first-order valence-corrected chi connectivity index (χ1v) is 28.4. The molecular formula is C66H43N25. The van der Waals surface area contributed by atoms with Gasteiger partial charge in [-0.25, -0.2) is 87.2 Å². The van der Waals surface area contributed by atoms with Crippen LogP contribution < -0.4 is 0 Å². The Morgan fingerprint density at radius 2 is 0.374 bits per heavy atom. The standard InChI is InChI=1S/C66H43N25/c1-7-21-44(22-8-1)85-53-34-20-19-33-51(53)52-37-50(35-36-54(52)85)91-65-77-42-75-63(83-65)89(48-29-15-5-16-30-48)61-73-40-71-59(81-61)87(46-25-11-3-12-26-46)57-69-38-67-55(79-57)86(45-23-9-2-10-24-45)56-68-39-70-58(80-56)88(47-27-13-4-14-28-47)60-72-41-74-62(82-60)90(49-31-17-6-18-32-49)64-76-43-78-66(91)84-64/h1-43H. The van der Waals surface area contributed by atoms with Crippen LogP contribution in [0.2, 0.25) is 0 Å². The van der Waals surface area contributed by atoms with Gasteiger partial charge in [-0.05, 0) is 97.1 Å². The average Bonchev–Trinajstić information content (AvgIpc) is 2.71. The third-order valence-corrected chi connectivity index (χ3v) is 14.7. The van der Waals surface area contributed by atoms with E-state index in [2.05, 4.69) is 41.0 Å². The number of rotatable bonds is 7. The second kappa shape index (κ2) is 23.0. The van der Waals surface area contributed by atoms with Gasteiger partial charge in [0.05, 0.1) is 45.2 Å². The lowest BCUT2D eigenvalue weighted by molar-refractivity contribution is 0.909. The highest BCUT2D eigenvalue weighted by atomic mass is 15.3. The largest absolute Gasteiger partial charge is 0.309 e. The molecule has 0 saturated carbocycles. The molecule has 0 unspecified atom stereocenters. The van der Waals surface area contributed by atoms with Crippen LogP contribution in [0.25, 0.3) is 131 Å². The summed E-state index contributed by atoms with van der Waals surface area (Å²) < 4.78 is 12.5. The van der Waals surface area contributed by atoms with Gasteiger partial charge in [0.25, 0.3) is 0 Å². The minimum atomic E-state index is 0.119. The zero-order chi connectivity index (χ0) is 60.5. The lowest BCUT2D eigenvalue weighted by atomic mass is 10.1. The first-order chi connectivity index (χ1) is 45.1. The topological polar surface area (TPSA) is 267 Å². The zero-order valence-electron chi connectivity index (χ0n) is 47.5. The van der Waals surface area contributed by atoms with Crippen LogP contribution in [0.15, 0.2) is 262 Å². The molecule has 8 aromatic carbocycles. The van der Waals surface area contributed by atoms with Gasteiger partial charge in [-0.3, -0.25) is 0 Å². The van der Waals surface area contributed by atoms with Crippen LogP contribution in [0.4, 0.5) is 0 Å². The van der Waals surface area contributed by atoms with E-state index in [0.29, 0.717) is 34.1 Å². The van der Waals surface area contributed by atoms with Crippen molar-refractivity contribution in [1.29, 1.82) is 0 Å². The van der Waals surface area contributed by atoms with Crippen molar-refractivity contribution in [3.8, 4) is 39.8 Å². The Morgan fingerprint density at radius 1 is 0.165 bits per heavy atom. The van der Waals surface area contributed by atoms with Crippen LogP contribution >= 0.6 is 0 Å². The van der Waals surface area contributed by atoms with Gasteiger partial charge < -0.3 is 4.57 Å². The molecule has 0 N–H and O–H groups in total. The maximum atomic E-state index is 5.30. The van der Waals surface area contributed by atoms with Gasteiger partial charge in [0.1, 0.15) is 38.0 Å². The molecule has 0 aliphatic rings. The van der Waals surface area contributed by atoms with Crippen LogP contribution in [0, 0.1) is 0 Å². The van der Waals surface area contributed by atoms with Crippen molar-refractivity contribution in [2.45, 2.75) is 0 Å². The average molecular weight is 1190 g/mol. The molecule has 16 rings (SSSR count). The maximum absolute atomic E-state index is 5.30. The number of hydrogen-bond donors (Lipinski definition) is 0. The van der Waals surface area contributed by atoms with E-state index in [0.717, 1.165) is 27.5 Å². The summed E-state index contributed by atoms with van der Waals surface area (Å²) in [4.78, 5) is 89.2.